The predicted octanol–water partition coefficient (Wildman–Crippen LogP) is -0.0698. The van der Waals surface area contributed by atoms with Crippen LogP contribution in [0.3, 0.4) is 0 Å². The molecule has 8 heteroatoms. The van der Waals surface area contributed by atoms with Crippen molar-refractivity contribution in [2.45, 2.75) is 38.5 Å². The van der Waals surface area contributed by atoms with Crippen molar-refractivity contribution in [2.75, 3.05) is 18.5 Å². The number of rotatable bonds is 5. The number of anilines is 1. The minimum absolute atomic E-state index is 0.00317. The summed E-state index contributed by atoms with van der Waals surface area (Å²) in [6.07, 6.45) is 3.88. The van der Waals surface area contributed by atoms with Crippen molar-refractivity contribution in [2.24, 2.45) is 5.92 Å². The lowest BCUT2D eigenvalue weighted by Gasteiger charge is -2.47. The molecular weight excluding hydrogens is 298 g/mol. The summed E-state index contributed by atoms with van der Waals surface area (Å²) >= 11 is 0. The molecular formula is C15H21N5O3. The number of aromatic nitrogens is 2. The van der Waals surface area contributed by atoms with E-state index in [9.17, 15) is 9.59 Å². The molecule has 23 heavy (non-hydrogen) atoms. The number of fused-ring (bicyclic) bond motifs is 1. The maximum atomic E-state index is 12.4. The lowest BCUT2D eigenvalue weighted by Crippen LogP contribution is -2.70. The molecule has 1 saturated heterocycles. The van der Waals surface area contributed by atoms with Gasteiger partial charge in [-0.15, -0.1) is 0 Å². The molecule has 1 aromatic heterocycles. The maximum absolute atomic E-state index is 12.4. The first kappa shape index (κ1) is 15.7. The van der Waals surface area contributed by atoms with Gasteiger partial charge in [-0.1, -0.05) is 0 Å². The molecule has 1 aliphatic heterocycles. The second-order valence-corrected chi connectivity index (χ2v) is 5.84. The van der Waals surface area contributed by atoms with Crippen LogP contribution in [0.5, 0.6) is 0 Å². The molecule has 0 aromatic carbocycles. The van der Waals surface area contributed by atoms with E-state index in [4.69, 9.17) is 4.74 Å². The van der Waals surface area contributed by atoms with Gasteiger partial charge in [-0.25, -0.2) is 9.97 Å². The SMILES string of the molecule is CCNc1ncc(C(=O)N[C@H]2[C@H]3CCO[C@H]3[C@@H]2NC(C)=O)cn1. The van der Waals surface area contributed by atoms with Crippen molar-refractivity contribution in [3.63, 3.8) is 0 Å². The number of amides is 2. The van der Waals surface area contributed by atoms with Crippen molar-refractivity contribution in [3.8, 4) is 0 Å². The van der Waals surface area contributed by atoms with Gasteiger partial charge in [-0.05, 0) is 13.3 Å². The molecule has 4 atom stereocenters. The van der Waals surface area contributed by atoms with Gasteiger partial charge in [0, 0.05) is 38.4 Å². The summed E-state index contributed by atoms with van der Waals surface area (Å²) in [4.78, 5) is 31.9. The van der Waals surface area contributed by atoms with Gasteiger partial charge in [0.1, 0.15) is 0 Å². The second-order valence-electron chi connectivity index (χ2n) is 5.84. The third kappa shape index (κ3) is 3.12. The highest BCUT2D eigenvalue weighted by atomic mass is 16.5. The molecule has 1 aliphatic carbocycles. The van der Waals surface area contributed by atoms with Gasteiger partial charge in [-0.3, -0.25) is 9.59 Å². The molecule has 8 nitrogen and oxygen atoms in total. The van der Waals surface area contributed by atoms with Gasteiger partial charge in [0.05, 0.1) is 23.8 Å². The van der Waals surface area contributed by atoms with E-state index in [1.165, 1.54) is 19.3 Å². The fraction of sp³-hybridized carbons (Fsp3) is 0.600. The third-order valence-corrected chi connectivity index (χ3v) is 4.30. The zero-order valence-corrected chi connectivity index (χ0v) is 13.2. The van der Waals surface area contributed by atoms with E-state index in [0.29, 0.717) is 18.1 Å². The predicted molar refractivity (Wildman–Crippen MR) is 82.9 cm³/mol. The number of hydrogen-bond acceptors (Lipinski definition) is 6. The molecule has 2 fully saturated rings. The van der Waals surface area contributed by atoms with Crippen LogP contribution < -0.4 is 16.0 Å². The van der Waals surface area contributed by atoms with Crippen molar-refractivity contribution >= 4 is 17.8 Å². The Kier molecular flexibility index (Phi) is 4.42. The van der Waals surface area contributed by atoms with Gasteiger partial charge < -0.3 is 20.7 Å². The van der Waals surface area contributed by atoms with Crippen molar-refractivity contribution in [3.05, 3.63) is 18.0 Å². The number of carbonyl (C=O) groups is 2. The maximum Gasteiger partial charge on any atom is 0.254 e. The van der Waals surface area contributed by atoms with Crippen molar-refractivity contribution in [1.82, 2.24) is 20.6 Å². The fourth-order valence-corrected chi connectivity index (χ4v) is 3.24. The normalized spacial score (nSPS) is 28.4. The number of nitrogens with zero attached hydrogens (tertiary/aromatic N) is 2. The summed E-state index contributed by atoms with van der Waals surface area (Å²) in [5.74, 6) is 0.381. The second kappa shape index (κ2) is 6.49. The van der Waals surface area contributed by atoms with Gasteiger partial charge in [-0.2, -0.15) is 0 Å². The molecule has 0 bridgehead atoms. The van der Waals surface area contributed by atoms with Crippen LogP contribution in [0.15, 0.2) is 12.4 Å². The van der Waals surface area contributed by atoms with Crippen molar-refractivity contribution in [1.29, 1.82) is 0 Å². The highest BCUT2D eigenvalue weighted by Crippen LogP contribution is 2.39. The quantitative estimate of drug-likeness (QED) is 0.702. The molecule has 0 radical (unpaired) electrons. The zero-order chi connectivity index (χ0) is 16.4. The first-order valence-corrected chi connectivity index (χ1v) is 7.85. The minimum atomic E-state index is -0.237. The molecule has 3 N–H and O–H groups in total. The van der Waals surface area contributed by atoms with Gasteiger partial charge in [0.2, 0.25) is 11.9 Å². The van der Waals surface area contributed by atoms with E-state index < -0.39 is 0 Å². The monoisotopic (exact) mass is 319 g/mol. The van der Waals surface area contributed by atoms with Crippen LogP contribution in [0.2, 0.25) is 0 Å². The molecule has 2 heterocycles. The van der Waals surface area contributed by atoms with Gasteiger partial charge in [0.15, 0.2) is 0 Å². The van der Waals surface area contributed by atoms with E-state index >= 15 is 0 Å². The Morgan fingerprint density at radius 3 is 2.65 bits per heavy atom. The Morgan fingerprint density at radius 2 is 2.00 bits per heavy atom. The average molecular weight is 319 g/mol. The van der Waals surface area contributed by atoms with Crippen LogP contribution >= 0.6 is 0 Å². The van der Waals surface area contributed by atoms with E-state index in [1.807, 2.05) is 6.92 Å². The van der Waals surface area contributed by atoms with Crippen LogP contribution in [0, 0.1) is 5.92 Å². The lowest BCUT2D eigenvalue weighted by molar-refractivity contribution is -0.123. The third-order valence-electron chi connectivity index (χ3n) is 4.30. The topological polar surface area (TPSA) is 105 Å². The largest absolute Gasteiger partial charge is 0.376 e. The number of carbonyl (C=O) groups excluding carboxylic acids is 2. The number of ether oxygens (including phenoxy) is 1. The van der Waals surface area contributed by atoms with Gasteiger partial charge >= 0.3 is 0 Å². The molecule has 2 amide bonds. The average Bonchev–Trinajstić information content (AvgIpc) is 2.96. The summed E-state index contributed by atoms with van der Waals surface area (Å²) in [6, 6.07) is -0.293. The van der Waals surface area contributed by atoms with E-state index in [1.54, 1.807) is 0 Å². The van der Waals surface area contributed by atoms with E-state index in [-0.39, 0.29) is 35.9 Å². The molecule has 3 rings (SSSR count). The van der Waals surface area contributed by atoms with Crippen LogP contribution in [0.4, 0.5) is 5.95 Å². The molecule has 0 unspecified atom stereocenters. The van der Waals surface area contributed by atoms with Crippen molar-refractivity contribution < 1.29 is 14.3 Å². The number of hydrogen-bond donors (Lipinski definition) is 3. The minimum Gasteiger partial charge on any atom is -0.376 e. The summed E-state index contributed by atoms with van der Waals surface area (Å²) < 4.78 is 5.63. The summed E-state index contributed by atoms with van der Waals surface area (Å²) in [6.45, 7) is 4.80. The van der Waals surface area contributed by atoms with Crippen LogP contribution in [0.25, 0.3) is 0 Å². The summed E-state index contributed by atoms with van der Waals surface area (Å²) in [5, 5.41) is 8.82. The lowest BCUT2D eigenvalue weighted by atomic mass is 9.71. The Bertz CT molecular complexity index is 591. The molecule has 1 saturated carbocycles. The van der Waals surface area contributed by atoms with Crippen LogP contribution in [-0.4, -0.2) is 53.1 Å². The Labute approximate surface area is 134 Å². The Morgan fingerprint density at radius 1 is 1.26 bits per heavy atom. The molecule has 2 aliphatic rings. The molecule has 0 spiro atoms. The molecule has 1 aromatic rings. The highest BCUT2D eigenvalue weighted by Gasteiger charge is 2.54. The fourth-order valence-electron chi connectivity index (χ4n) is 3.24. The van der Waals surface area contributed by atoms with Crippen LogP contribution in [0.1, 0.15) is 30.6 Å². The Hall–Kier alpha value is -2.22. The van der Waals surface area contributed by atoms with E-state index in [2.05, 4.69) is 25.9 Å². The Balaban J connectivity index is 1.65. The molecule has 124 valence electrons. The summed E-state index contributed by atoms with van der Waals surface area (Å²) in [5.41, 5.74) is 0.399. The van der Waals surface area contributed by atoms with Crippen LogP contribution in [-0.2, 0) is 9.53 Å². The summed E-state index contributed by atoms with van der Waals surface area (Å²) in [7, 11) is 0. The smallest absolute Gasteiger partial charge is 0.254 e. The number of nitrogens with one attached hydrogen (secondary N) is 3. The zero-order valence-electron chi connectivity index (χ0n) is 13.2. The standard InChI is InChI=1S/C15H21N5O3/c1-3-16-15-17-6-9(7-18-15)14(22)20-11-10-4-5-23-13(10)12(11)19-8(2)21/h6-7,10-13H,3-5H2,1-2H3,(H,19,21)(H,20,22)(H,16,17,18)/t10-,11+,12-,13-/m1/s1. The first-order valence-electron chi connectivity index (χ1n) is 7.85. The van der Waals surface area contributed by atoms with E-state index in [0.717, 1.165) is 13.0 Å². The first-order chi connectivity index (χ1) is 11.1. The van der Waals surface area contributed by atoms with Gasteiger partial charge in [0.25, 0.3) is 5.91 Å². The highest BCUT2D eigenvalue weighted by molar-refractivity contribution is 5.94.